The van der Waals surface area contributed by atoms with Crippen LogP contribution in [0, 0.1) is 5.92 Å². The molecule has 0 N–H and O–H groups in total. The van der Waals surface area contributed by atoms with E-state index in [1.54, 1.807) is 5.06 Å². The van der Waals surface area contributed by atoms with Gasteiger partial charge in [0.15, 0.2) is 0 Å². The molecule has 2 aromatic carbocycles. The van der Waals surface area contributed by atoms with Crippen LogP contribution in [-0.2, 0) is 22.7 Å². The Morgan fingerprint density at radius 2 is 1.55 bits per heavy atom. The van der Waals surface area contributed by atoms with Gasteiger partial charge in [0, 0.05) is 0 Å². The predicted molar refractivity (Wildman–Crippen MR) is 85.8 cm³/mol. The molecule has 0 radical (unpaired) electrons. The van der Waals surface area contributed by atoms with Crippen molar-refractivity contribution >= 4 is 5.91 Å². The number of carbonyl (C=O) groups excluding carboxylic acids is 1. The summed E-state index contributed by atoms with van der Waals surface area (Å²) in [5, 5.41) is 1.57. The van der Waals surface area contributed by atoms with Crippen LogP contribution < -0.4 is 0 Å². The van der Waals surface area contributed by atoms with Gasteiger partial charge >= 0.3 is 0 Å². The largest absolute Gasteiger partial charge is 0.272 e. The van der Waals surface area contributed by atoms with Gasteiger partial charge in [-0.3, -0.25) is 9.63 Å². The molecule has 1 aliphatic heterocycles. The van der Waals surface area contributed by atoms with Crippen molar-refractivity contribution < 1.29 is 9.63 Å². The molecular formula is C19H21NO2. The lowest BCUT2D eigenvalue weighted by Crippen LogP contribution is -2.59. The number of benzene rings is 2. The summed E-state index contributed by atoms with van der Waals surface area (Å²) in [6.07, 6.45) is 1.90. The molecule has 1 aliphatic rings. The maximum absolute atomic E-state index is 12.0. The Morgan fingerprint density at radius 3 is 2.18 bits per heavy atom. The highest BCUT2D eigenvalue weighted by atomic mass is 16.7. The van der Waals surface area contributed by atoms with E-state index in [0.717, 1.165) is 18.4 Å². The fraction of sp³-hybridized carbons (Fsp3) is 0.316. The molecule has 0 bridgehead atoms. The Balaban J connectivity index is 1.55. The number of rotatable bonds is 6. The molecule has 2 aromatic rings. The quantitative estimate of drug-likeness (QED) is 0.762. The molecule has 0 spiro atoms. The average molecular weight is 295 g/mol. The summed E-state index contributed by atoms with van der Waals surface area (Å²) in [6.45, 7) is 2.43. The van der Waals surface area contributed by atoms with Crippen molar-refractivity contribution in [3.05, 3.63) is 71.8 Å². The zero-order valence-corrected chi connectivity index (χ0v) is 12.8. The normalized spacial score (nSPS) is 20.8. The second-order valence-corrected chi connectivity index (χ2v) is 5.80. The van der Waals surface area contributed by atoms with Crippen LogP contribution in [0.15, 0.2) is 60.7 Å². The molecule has 114 valence electrons. The number of hydrogen-bond donors (Lipinski definition) is 0. The van der Waals surface area contributed by atoms with Gasteiger partial charge in [0.1, 0.15) is 6.61 Å². The van der Waals surface area contributed by atoms with Crippen molar-refractivity contribution in [1.82, 2.24) is 5.06 Å². The number of aryl methyl sites for hydroxylation is 1. The van der Waals surface area contributed by atoms with E-state index in [4.69, 9.17) is 4.84 Å². The number of amides is 1. The van der Waals surface area contributed by atoms with Crippen molar-refractivity contribution in [3.8, 4) is 0 Å². The molecule has 1 fully saturated rings. The second kappa shape index (κ2) is 6.75. The smallest absolute Gasteiger partial charge is 0.251 e. The monoisotopic (exact) mass is 295 g/mol. The van der Waals surface area contributed by atoms with Crippen LogP contribution >= 0.6 is 0 Å². The molecule has 2 atom stereocenters. The van der Waals surface area contributed by atoms with Crippen LogP contribution in [0.4, 0.5) is 0 Å². The van der Waals surface area contributed by atoms with Crippen LogP contribution in [0.1, 0.15) is 24.5 Å². The SMILES string of the molecule is C[C@@H]1C(=O)N(OCc2ccccc2)[C@H]1CCc1ccccc1. The van der Waals surface area contributed by atoms with Crippen LogP contribution in [0.2, 0.25) is 0 Å². The minimum atomic E-state index is 0.0551. The number of β-lactam (4-membered cyclic amide) rings is 1. The minimum Gasteiger partial charge on any atom is -0.272 e. The summed E-state index contributed by atoms with van der Waals surface area (Å²) in [4.78, 5) is 17.7. The molecule has 3 heteroatoms. The van der Waals surface area contributed by atoms with Gasteiger partial charge in [0.05, 0.1) is 12.0 Å². The average Bonchev–Trinajstić information content (AvgIpc) is 2.58. The summed E-state index contributed by atoms with van der Waals surface area (Å²) < 4.78 is 0. The third-order valence-electron chi connectivity index (χ3n) is 4.27. The lowest BCUT2D eigenvalue weighted by Gasteiger charge is -2.44. The molecule has 3 nitrogen and oxygen atoms in total. The predicted octanol–water partition coefficient (Wildman–Crippen LogP) is 3.60. The molecule has 1 amide bonds. The van der Waals surface area contributed by atoms with Crippen molar-refractivity contribution in [2.75, 3.05) is 0 Å². The van der Waals surface area contributed by atoms with E-state index in [1.807, 2.05) is 55.5 Å². The van der Waals surface area contributed by atoms with E-state index in [9.17, 15) is 4.79 Å². The van der Waals surface area contributed by atoms with Crippen LogP contribution in [0.3, 0.4) is 0 Å². The Kier molecular flexibility index (Phi) is 4.54. The lowest BCUT2D eigenvalue weighted by molar-refractivity contribution is -0.247. The number of hydrogen-bond acceptors (Lipinski definition) is 2. The van der Waals surface area contributed by atoms with Gasteiger partial charge in [0.25, 0.3) is 5.91 Å². The second-order valence-electron chi connectivity index (χ2n) is 5.80. The Morgan fingerprint density at radius 1 is 0.955 bits per heavy atom. The van der Waals surface area contributed by atoms with Gasteiger partial charge in [0.2, 0.25) is 0 Å². The van der Waals surface area contributed by atoms with Gasteiger partial charge < -0.3 is 0 Å². The fourth-order valence-electron chi connectivity index (χ4n) is 2.85. The highest BCUT2D eigenvalue weighted by Gasteiger charge is 2.44. The topological polar surface area (TPSA) is 29.5 Å². The summed E-state index contributed by atoms with van der Waals surface area (Å²) in [5.74, 6) is 0.147. The van der Waals surface area contributed by atoms with Gasteiger partial charge in [-0.2, -0.15) is 0 Å². The van der Waals surface area contributed by atoms with Gasteiger partial charge in [-0.05, 0) is 24.0 Å². The van der Waals surface area contributed by atoms with E-state index < -0.39 is 0 Å². The van der Waals surface area contributed by atoms with Crippen LogP contribution in [-0.4, -0.2) is 17.0 Å². The molecule has 1 saturated heterocycles. The highest BCUT2D eigenvalue weighted by molar-refractivity contribution is 5.84. The summed E-state index contributed by atoms with van der Waals surface area (Å²) >= 11 is 0. The summed E-state index contributed by atoms with van der Waals surface area (Å²) in [6, 6.07) is 20.5. The minimum absolute atomic E-state index is 0.0551. The van der Waals surface area contributed by atoms with Gasteiger partial charge in [-0.25, -0.2) is 5.06 Å². The molecule has 0 saturated carbocycles. The number of hydroxylamine groups is 2. The molecule has 0 aromatic heterocycles. The third-order valence-corrected chi connectivity index (χ3v) is 4.27. The zero-order valence-electron chi connectivity index (χ0n) is 12.8. The van der Waals surface area contributed by atoms with Crippen LogP contribution in [0.25, 0.3) is 0 Å². The van der Waals surface area contributed by atoms with Crippen molar-refractivity contribution in [2.24, 2.45) is 5.92 Å². The molecular weight excluding hydrogens is 274 g/mol. The highest BCUT2D eigenvalue weighted by Crippen LogP contribution is 2.30. The van der Waals surface area contributed by atoms with Gasteiger partial charge in [-0.15, -0.1) is 0 Å². The molecule has 3 rings (SSSR count). The summed E-state index contributed by atoms with van der Waals surface area (Å²) in [7, 11) is 0. The first kappa shape index (κ1) is 14.8. The first-order chi connectivity index (χ1) is 10.8. The Labute approximate surface area is 131 Å². The maximum atomic E-state index is 12.0. The van der Waals surface area contributed by atoms with E-state index in [-0.39, 0.29) is 17.9 Å². The molecule has 0 unspecified atom stereocenters. The summed E-state index contributed by atoms with van der Waals surface area (Å²) in [5.41, 5.74) is 2.38. The zero-order chi connectivity index (χ0) is 15.4. The number of nitrogens with zero attached hydrogens (tertiary/aromatic N) is 1. The van der Waals surface area contributed by atoms with E-state index >= 15 is 0 Å². The first-order valence-electron chi connectivity index (χ1n) is 7.79. The third kappa shape index (κ3) is 3.20. The maximum Gasteiger partial charge on any atom is 0.251 e. The number of carbonyl (C=O) groups is 1. The van der Waals surface area contributed by atoms with Crippen LogP contribution in [0.5, 0.6) is 0 Å². The Hall–Kier alpha value is -2.13. The van der Waals surface area contributed by atoms with Crippen molar-refractivity contribution in [1.29, 1.82) is 0 Å². The fourth-order valence-corrected chi connectivity index (χ4v) is 2.85. The van der Waals surface area contributed by atoms with E-state index in [2.05, 4.69) is 12.1 Å². The lowest BCUT2D eigenvalue weighted by atomic mass is 9.87. The van der Waals surface area contributed by atoms with Gasteiger partial charge in [-0.1, -0.05) is 67.6 Å². The molecule has 0 aliphatic carbocycles. The Bertz CT molecular complexity index is 612. The van der Waals surface area contributed by atoms with E-state index in [1.165, 1.54) is 5.56 Å². The standard InChI is InChI=1S/C19H21NO2/c1-15-18(13-12-16-8-4-2-5-9-16)20(19(15)21)22-14-17-10-6-3-7-11-17/h2-11,15,18H,12-14H2,1H3/t15-,18-/m0/s1. The molecule has 1 heterocycles. The first-order valence-corrected chi connectivity index (χ1v) is 7.79. The molecule has 22 heavy (non-hydrogen) atoms. The van der Waals surface area contributed by atoms with Crippen molar-refractivity contribution in [3.63, 3.8) is 0 Å². The van der Waals surface area contributed by atoms with Crippen molar-refractivity contribution in [2.45, 2.75) is 32.4 Å². The van der Waals surface area contributed by atoms with E-state index in [0.29, 0.717) is 6.61 Å².